The van der Waals surface area contributed by atoms with Crippen LogP contribution in [0.5, 0.6) is 0 Å². The topological polar surface area (TPSA) is 66.8 Å². The van der Waals surface area contributed by atoms with E-state index in [2.05, 4.69) is 25.3 Å². The number of fused-ring (bicyclic) bond motifs is 1. The molecule has 6 nitrogen and oxygen atoms in total. The molecule has 0 unspecified atom stereocenters. The van der Waals surface area contributed by atoms with Crippen LogP contribution in [0.25, 0.3) is 0 Å². The third-order valence-electron chi connectivity index (χ3n) is 5.67. The van der Waals surface area contributed by atoms with Crippen molar-refractivity contribution in [1.82, 2.24) is 19.9 Å². The molecule has 0 atom stereocenters. The maximum absolute atomic E-state index is 13.6. The molecule has 0 saturated carbocycles. The number of hydrogen-bond donors (Lipinski definition) is 1. The molecule has 14 heteroatoms. The standard InChI is InChI=1S/C23H21ClF6N6.ClH/c1-12(2)19-32-16-8-11-36(21-15(23(28,29)30)4-3-9-31-21)10-7-13(16)20(35-19)34-17-6-5-14(18(24)33-17)22(25,26)27;/h3-6,9,12H,7-8,10-11H2,1-2H3,(H,32,33,34,35);1H. The van der Waals surface area contributed by atoms with Crippen molar-refractivity contribution in [3.63, 3.8) is 0 Å². The van der Waals surface area contributed by atoms with Crippen LogP contribution in [-0.4, -0.2) is 33.0 Å². The molecule has 0 amide bonds. The molecular formula is C23H22Cl2F6N6. The van der Waals surface area contributed by atoms with Crippen LogP contribution in [-0.2, 0) is 25.2 Å². The number of alkyl halides is 6. The van der Waals surface area contributed by atoms with Crippen molar-refractivity contribution >= 4 is 41.5 Å². The first-order chi connectivity index (χ1) is 16.8. The number of hydrogen-bond acceptors (Lipinski definition) is 6. The van der Waals surface area contributed by atoms with Crippen LogP contribution in [0.15, 0.2) is 30.5 Å². The molecule has 0 aromatic carbocycles. The van der Waals surface area contributed by atoms with Crippen molar-refractivity contribution in [3.8, 4) is 0 Å². The zero-order valence-corrected chi connectivity index (χ0v) is 21.2. The lowest BCUT2D eigenvalue weighted by atomic mass is 10.1. The SMILES string of the molecule is CC(C)c1nc2c(c(Nc3ccc(C(F)(F)F)c(Cl)n3)n1)CCN(c1ncccc1C(F)(F)F)CC2.Cl. The summed E-state index contributed by atoms with van der Waals surface area (Å²) in [6.07, 6.45) is -7.30. The van der Waals surface area contributed by atoms with Gasteiger partial charge in [-0.05, 0) is 30.7 Å². The molecule has 0 aliphatic carbocycles. The van der Waals surface area contributed by atoms with Crippen molar-refractivity contribution in [2.45, 2.75) is 45.0 Å². The van der Waals surface area contributed by atoms with Crippen LogP contribution in [0.2, 0.25) is 5.15 Å². The molecule has 0 saturated heterocycles. The molecule has 4 heterocycles. The van der Waals surface area contributed by atoms with E-state index in [1.54, 1.807) is 4.90 Å². The smallest absolute Gasteiger partial charge is 0.355 e. The van der Waals surface area contributed by atoms with Gasteiger partial charge in [0.2, 0.25) is 0 Å². The molecule has 1 N–H and O–H groups in total. The fourth-order valence-electron chi connectivity index (χ4n) is 3.90. The van der Waals surface area contributed by atoms with Gasteiger partial charge in [-0.3, -0.25) is 0 Å². The van der Waals surface area contributed by atoms with Gasteiger partial charge in [-0.15, -0.1) is 12.4 Å². The minimum Gasteiger partial charge on any atom is -0.355 e. The Kier molecular flexibility index (Phi) is 8.43. The Hall–Kier alpha value is -2.86. The number of pyridine rings is 2. The van der Waals surface area contributed by atoms with E-state index >= 15 is 0 Å². The van der Waals surface area contributed by atoms with E-state index in [-0.39, 0.29) is 49.5 Å². The second-order valence-corrected chi connectivity index (χ2v) is 8.89. The van der Waals surface area contributed by atoms with E-state index in [4.69, 9.17) is 11.6 Å². The quantitative estimate of drug-likeness (QED) is 0.275. The first-order valence-electron chi connectivity index (χ1n) is 11.0. The third-order valence-corrected chi connectivity index (χ3v) is 5.96. The summed E-state index contributed by atoms with van der Waals surface area (Å²) in [6, 6.07) is 4.20. The molecule has 0 bridgehead atoms. The highest BCUT2D eigenvalue weighted by atomic mass is 35.5. The summed E-state index contributed by atoms with van der Waals surface area (Å²) in [7, 11) is 0. The predicted molar refractivity (Wildman–Crippen MR) is 130 cm³/mol. The van der Waals surface area contributed by atoms with Crippen LogP contribution in [0.4, 0.5) is 43.8 Å². The summed E-state index contributed by atoms with van der Waals surface area (Å²) < 4.78 is 79.8. The molecule has 0 spiro atoms. The summed E-state index contributed by atoms with van der Waals surface area (Å²) >= 11 is 5.76. The minimum absolute atomic E-state index is 0. The second kappa shape index (κ2) is 10.9. The molecule has 1 aliphatic heterocycles. The molecule has 3 aromatic rings. The Bertz CT molecular complexity index is 1270. The van der Waals surface area contributed by atoms with Crippen LogP contribution < -0.4 is 10.2 Å². The lowest BCUT2D eigenvalue weighted by Gasteiger charge is -2.24. The van der Waals surface area contributed by atoms with Gasteiger partial charge >= 0.3 is 12.4 Å². The maximum atomic E-state index is 13.6. The Morgan fingerprint density at radius 2 is 1.59 bits per heavy atom. The lowest BCUT2D eigenvalue weighted by Crippen LogP contribution is -2.29. The highest BCUT2D eigenvalue weighted by molar-refractivity contribution is 6.30. The van der Waals surface area contributed by atoms with E-state index < -0.39 is 28.6 Å². The number of aromatic nitrogens is 4. The van der Waals surface area contributed by atoms with Gasteiger partial charge in [0.15, 0.2) is 0 Å². The van der Waals surface area contributed by atoms with Gasteiger partial charge in [0.05, 0.1) is 16.8 Å². The van der Waals surface area contributed by atoms with Crippen molar-refractivity contribution in [1.29, 1.82) is 0 Å². The zero-order valence-electron chi connectivity index (χ0n) is 19.6. The number of nitrogens with one attached hydrogen (secondary N) is 1. The Balaban J connectivity index is 0.00000380. The molecule has 37 heavy (non-hydrogen) atoms. The van der Waals surface area contributed by atoms with Gasteiger partial charge in [-0.25, -0.2) is 19.9 Å². The van der Waals surface area contributed by atoms with E-state index in [1.807, 2.05) is 13.8 Å². The van der Waals surface area contributed by atoms with E-state index in [0.29, 0.717) is 29.3 Å². The highest BCUT2D eigenvalue weighted by Crippen LogP contribution is 2.37. The fourth-order valence-corrected chi connectivity index (χ4v) is 4.16. The van der Waals surface area contributed by atoms with Gasteiger partial charge in [-0.1, -0.05) is 25.4 Å². The molecule has 3 aromatic heterocycles. The highest BCUT2D eigenvalue weighted by Gasteiger charge is 2.36. The Morgan fingerprint density at radius 1 is 0.919 bits per heavy atom. The Labute approximate surface area is 219 Å². The average Bonchev–Trinajstić information content (AvgIpc) is 3.00. The Morgan fingerprint density at radius 3 is 2.22 bits per heavy atom. The summed E-state index contributed by atoms with van der Waals surface area (Å²) in [5, 5.41) is 2.23. The van der Waals surface area contributed by atoms with Gasteiger partial charge in [0.1, 0.15) is 28.4 Å². The van der Waals surface area contributed by atoms with Gasteiger partial charge in [0, 0.05) is 37.2 Å². The average molecular weight is 567 g/mol. The summed E-state index contributed by atoms with van der Waals surface area (Å²) in [4.78, 5) is 18.5. The monoisotopic (exact) mass is 566 g/mol. The molecule has 200 valence electrons. The van der Waals surface area contributed by atoms with Crippen LogP contribution >= 0.6 is 24.0 Å². The van der Waals surface area contributed by atoms with Crippen molar-refractivity contribution in [3.05, 3.63) is 63.8 Å². The van der Waals surface area contributed by atoms with E-state index in [0.717, 1.165) is 18.2 Å². The van der Waals surface area contributed by atoms with Gasteiger partial charge < -0.3 is 10.2 Å². The number of anilines is 3. The summed E-state index contributed by atoms with van der Waals surface area (Å²) in [5.74, 6) is 0.615. The molecule has 0 fully saturated rings. The van der Waals surface area contributed by atoms with Gasteiger partial charge in [-0.2, -0.15) is 26.3 Å². The normalized spacial score (nSPS) is 14.2. The predicted octanol–water partition coefficient (Wildman–Crippen LogP) is 6.85. The largest absolute Gasteiger partial charge is 0.419 e. The fraction of sp³-hybridized carbons (Fsp3) is 0.391. The van der Waals surface area contributed by atoms with Crippen molar-refractivity contribution < 1.29 is 26.3 Å². The summed E-state index contributed by atoms with van der Waals surface area (Å²) in [5.41, 5.74) is -0.608. The van der Waals surface area contributed by atoms with E-state index in [9.17, 15) is 26.3 Å². The van der Waals surface area contributed by atoms with Crippen LogP contribution in [0, 0.1) is 0 Å². The van der Waals surface area contributed by atoms with Crippen molar-refractivity contribution in [2.75, 3.05) is 23.3 Å². The third kappa shape index (κ3) is 6.35. The second-order valence-electron chi connectivity index (χ2n) is 8.53. The summed E-state index contributed by atoms with van der Waals surface area (Å²) in [6.45, 7) is 4.20. The maximum Gasteiger partial charge on any atom is 0.419 e. The number of halogens is 8. The van der Waals surface area contributed by atoms with Crippen LogP contribution in [0.1, 0.15) is 48.0 Å². The zero-order chi connectivity index (χ0) is 26.3. The molecule has 0 radical (unpaired) electrons. The van der Waals surface area contributed by atoms with E-state index in [1.165, 1.54) is 12.3 Å². The number of nitrogens with zero attached hydrogens (tertiary/aromatic N) is 5. The molecular weight excluding hydrogens is 545 g/mol. The first kappa shape index (κ1) is 28.7. The first-order valence-corrected chi connectivity index (χ1v) is 11.4. The molecule has 4 rings (SSSR count). The van der Waals surface area contributed by atoms with Crippen LogP contribution in [0.3, 0.4) is 0 Å². The molecule has 1 aliphatic rings. The van der Waals surface area contributed by atoms with Crippen molar-refractivity contribution in [2.24, 2.45) is 0 Å². The number of rotatable bonds is 4. The minimum atomic E-state index is -4.65. The van der Waals surface area contributed by atoms with Gasteiger partial charge in [0.25, 0.3) is 0 Å². The lowest BCUT2D eigenvalue weighted by molar-refractivity contribution is -0.138.